The zero-order chi connectivity index (χ0) is 22.9. The summed E-state index contributed by atoms with van der Waals surface area (Å²) < 4.78 is 43.9. The Morgan fingerprint density at radius 2 is 1.81 bits per heavy atom. The maximum absolute atomic E-state index is 14.5. The van der Waals surface area contributed by atoms with E-state index in [4.69, 9.17) is 14.2 Å². The summed E-state index contributed by atoms with van der Waals surface area (Å²) >= 11 is 0. The highest BCUT2D eigenvalue weighted by Gasteiger charge is 2.58. The van der Waals surface area contributed by atoms with Gasteiger partial charge in [-0.2, -0.15) is 0 Å². The fourth-order valence-electron chi connectivity index (χ4n) is 4.20. The summed E-state index contributed by atoms with van der Waals surface area (Å²) in [5, 5.41) is 3.06. The molecule has 2 aliphatic heterocycles. The van der Waals surface area contributed by atoms with Crippen LogP contribution in [0, 0.1) is 11.6 Å². The van der Waals surface area contributed by atoms with Gasteiger partial charge in [0, 0.05) is 6.07 Å². The van der Waals surface area contributed by atoms with Crippen LogP contribution in [0.1, 0.15) is 5.56 Å². The predicted octanol–water partition coefficient (Wildman–Crippen LogP) is 3.34. The third-order valence-electron chi connectivity index (χ3n) is 5.64. The Morgan fingerprint density at radius 1 is 1.09 bits per heavy atom. The third kappa shape index (κ3) is 3.67. The number of anilines is 1. The number of carbonyl (C=O) groups excluding carboxylic acids is 2. The van der Waals surface area contributed by atoms with E-state index in [0.29, 0.717) is 6.42 Å². The number of halogens is 2. The van der Waals surface area contributed by atoms with Crippen molar-refractivity contribution in [2.45, 2.75) is 24.2 Å². The van der Waals surface area contributed by atoms with E-state index in [1.807, 2.05) is 30.3 Å². The van der Waals surface area contributed by atoms with Crippen molar-refractivity contribution in [3.8, 4) is 0 Å². The van der Waals surface area contributed by atoms with E-state index in [1.165, 1.54) is 20.3 Å². The second kappa shape index (κ2) is 8.55. The molecule has 0 aliphatic carbocycles. The molecule has 8 heteroatoms. The molecule has 2 aliphatic rings. The molecule has 2 aromatic rings. The summed E-state index contributed by atoms with van der Waals surface area (Å²) in [5.41, 5.74) is -0.495. The fraction of sp³-hybridized carbons (Fsp3) is 0.250. The lowest BCUT2D eigenvalue weighted by Gasteiger charge is -2.36. The number of methoxy groups -OCH3 is 2. The third-order valence-corrected chi connectivity index (χ3v) is 5.64. The second-order valence-corrected chi connectivity index (χ2v) is 7.47. The van der Waals surface area contributed by atoms with Crippen molar-refractivity contribution < 1.29 is 32.6 Å². The second-order valence-electron chi connectivity index (χ2n) is 7.47. The van der Waals surface area contributed by atoms with Crippen LogP contribution in [-0.4, -0.2) is 43.9 Å². The first-order chi connectivity index (χ1) is 15.4. The Morgan fingerprint density at radius 3 is 2.47 bits per heavy atom. The van der Waals surface area contributed by atoms with Gasteiger partial charge in [-0.3, -0.25) is 0 Å². The molecule has 1 N–H and O–H groups in total. The highest BCUT2D eigenvalue weighted by Crippen LogP contribution is 2.47. The zero-order valence-corrected chi connectivity index (χ0v) is 17.4. The zero-order valence-electron chi connectivity index (χ0n) is 17.4. The van der Waals surface area contributed by atoms with E-state index in [1.54, 1.807) is 12.2 Å². The van der Waals surface area contributed by atoms with Gasteiger partial charge in [-0.25, -0.2) is 18.4 Å². The van der Waals surface area contributed by atoms with Crippen molar-refractivity contribution in [1.29, 1.82) is 0 Å². The van der Waals surface area contributed by atoms with Crippen LogP contribution in [0.3, 0.4) is 0 Å². The fourth-order valence-corrected chi connectivity index (χ4v) is 4.20. The Balaban J connectivity index is 1.83. The van der Waals surface area contributed by atoms with Crippen LogP contribution in [0.15, 0.2) is 71.8 Å². The minimum atomic E-state index is -1.43. The van der Waals surface area contributed by atoms with Crippen LogP contribution in [0.5, 0.6) is 0 Å². The first kappa shape index (κ1) is 21.7. The SMILES string of the molecule is COC(=O)C1=C(C(=O)OC)C2(C(Cc3ccccc3)Nc3ccc(F)cc3F)C=CC1O2. The predicted molar refractivity (Wildman–Crippen MR) is 112 cm³/mol. The molecule has 6 nitrogen and oxygen atoms in total. The molecule has 0 aromatic heterocycles. The standard InChI is InChI=1S/C24H21F2NO5/c1-30-22(28)20-18-10-11-24(32-18,21(20)23(29)31-2)19(12-14-6-4-3-5-7-14)27-17-9-8-15(25)13-16(17)26/h3-11,13,18-19,27H,12H2,1-2H3. The lowest BCUT2D eigenvalue weighted by atomic mass is 9.79. The molecule has 0 amide bonds. The van der Waals surface area contributed by atoms with Crippen LogP contribution in [-0.2, 0) is 30.2 Å². The quantitative estimate of drug-likeness (QED) is 0.525. The number of benzene rings is 2. The monoisotopic (exact) mass is 441 g/mol. The van der Waals surface area contributed by atoms with Gasteiger partial charge in [0.2, 0.25) is 0 Å². The molecule has 2 aromatic carbocycles. The van der Waals surface area contributed by atoms with E-state index < -0.39 is 41.3 Å². The van der Waals surface area contributed by atoms with Gasteiger partial charge in [0.25, 0.3) is 0 Å². The minimum Gasteiger partial charge on any atom is -0.466 e. The summed E-state index contributed by atoms with van der Waals surface area (Å²) in [7, 11) is 2.41. The largest absolute Gasteiger partial charge is 0.466 e. The Kier molecular flexibility index (Phi) is 5.80. The van der Waals surface area contributed by atoms with Gasteiger partial charge in [0.05, 0.1) is 37.1 Å². The molecular formula is C24H21F2NO5. The lowest BCUT2D eigenvalue weighted by molar-refractivity contribution is -0.139. The van der Waals surface area contributed by atoms with Crippen molar-refractivity contribution in [3.05, 3.63) is 89.0 Å². The highest BCUT2D eigenvalue weighted by atomic mass is 19.1. The van der Waals surface area contributed by atoms with E-state index in [0.717, 1.165) is 17.7 Å². The normalized spacial score (nSPS) is 22.1. The average Bonchev–Trinajstić information content (AvgIpc) is 3.38. The molecule has 166 valence electrons. The van der Waals surface area contributed by atoms with Crippen LogP contribution in [0.2, 0.25) is 0 Å². The lowest BCUT2D eigenvalue weighted by Crippen LogP contribution is -2.49. The van der Waals surface area contributed by atoms with Gasteiger partial charge >= 0.3 is 11.9 Å². The van der Waals surface area contributed by atoms with Crippen molar-refractivity contribution in [3.63, 3.8) is 0 Å². The molecule has 0 saturated carbocycles. The number of fused-ring (bicyclic) bond motifs is 2. The van der Waals surface area contributed by atoms with Crippen molar-refractivity contribution in [1.82, 2.24) is 0 Å². The van der Waals surface area contributed by atoms with Gasteiger partial charge in [-0.05, 0) is 30.2 Å². The Bertz CT molecular complexity index is 1110. The summed E-state index contributed by atoms with van der Waals surface area (Å²) in [6.45, 7) is 0. The first-order valence-corrected chi connectivity index (χ1v) is 9.93. The average molecular weight is 441 g/mol. The van der Waals surface area contributed by atoms with E-state index >= 15 is 0 Å². The molecule has 0 spiro atoms. The maximum atomic E-state index is 14.5. The minimum absolute atomic E-state index is 0.00435. The Hall–Kier alpha value is -3.52. The molecule has 0 radical (unpaired) electrons. The van der Waals surface area contributed by atoms with E-state index in [9.17, 15) is 18.4 Å². The number of esters is 2. The van der Waals surface area contributed by atoms with Crippen molar-refractivity contribution >= 4 is 17.6 Å². The number of rotatable bonds is 7. The first-order valence-electron chi connectivity index (χ1n) is 9.93. The van der Waals surface area contributed by atoms with Crippen LogP contribution in [0.4, 0.5) is 14.5 Å². The molecule has 3 unspecified atom stereocenters. The molecule has 32 heavy (non-hydrogen) atoms. The van der Waals surface area contributed by atoms with Crippen LogP contribution < -0.4 is 5.32 Å². The van der Waals surface area contributed by atoms with E-state index in [2.05, 4.69) is 5.32 Å². The molecule has 3 atom stereocenters. The highest BCUT2D eigenvalue weighted by molar-refractivity contribution is 6.05. The molecule has 0 saturated heterocycles. The Labute approximate surface area is 183 Å². The smallest absolute Gasteiger partial charge is 0.337 e. The van der Waals surface area contributed by atoms with Gasteiger partial charge < -0.3 is 19.5 Å². The molecular weight excluding hydrogens is 420 g/mol. The van der Waals surface area contributed by atoms with Gasteiger partial charge in [-0.15, -0.1) is 0 Å². The van der Waals surface area contributed by atoms with E-state index in [-0.39, 0.29) is 16.8 Å². The summed E-state index contributed by atoms with van der Waals surface area (Å²) in [6.07, 6.45) is 2.80. The molecule has 2 heterocycles. The van der Waals surface area contributed by atoms with Crippen molar-refractivity contribution in [2.75, 3.05) is 19.5 Å². The van der Waals surface area contributed by atoms with Gasteiger partial charge in [0.15, 0.2) is 0 Å². The van der Waals surface area contributed by atoms with Gasteiger partial charge in [0.1, 0.15) is 23.3 Å². The number of carbonyl (C=O) groups is 2. The van der Waals surface area contributed by atoms with Crippen LogP contribution >= 0.6 is 0 Å². The number of hydrogen-bond acceptors (Lipinski definition) is 6. The number of nitrogens with one attached hydrogen (secondary N) is 1. The van der Waals surface area contributed by atoms with Gasteiger partial charge in [-0.1, -0.05) is 36.4 Å². The summed E-state index contributed by atoms with van der Waals surface area (Å²) in [6, 6.07) is 11.7. The van der Waals surface area contributed by atoms with Crippen LogP contribution in [0.25, 0.3) is 0 Å². The molecule has 2 bridgehead atoms. The maximum Gasteiger partial charge on any atom is 0.337 e. The van der Waals surface area contributed by atoms with Crippen molar-refractivity contribution in [2.24, 2.45) is 0 Å². The summed E-state index contributed by atoms with van der Waals surface area (Å²) in [5.74, 6) is -2.98. The molecule has 4 rings (SSSR count). The topological polar surface area (TPSA) is 73.9 Å². The number of hydrogen-bond donors (Lipinski definition) is 1. The molecule has 0 fully saturated rings. The summed E-state index contributed by atoms with van der Waals surface area (Å²) in [4.78, 5) is 25.3. The number of ether oxygens (including phenoxy) is 3.